The van der Waals surface area contributed by atoms with E-state index in [1.54, 1.807) is 30.5 Å². The first-order valence-electron chi connectivity index (χ1n) is 9.23. The Bertz CT molecular complexity index is 1010. The van der Waals surface area contributed by atoms with Crippen LogP contribution in [0.5, 0.6) is 0 Å². The maximum Gasteiger partial charge on any atom is 0.271 e. The van der Waals surface area contributed by atoms with Crippen molar-refractivity contribution in [3.8, 4) is 0 Å². The van der Waals surface area contributed by atoms with Crippen LogP contribution in [-0.4, -0.2) is 18.0 Å². The second-order valence-corrected chi connectivity index (χ2v) is 7.03. The second-order valence-electron chi connectivity index (χ2n) is 7.03. The first kappa shape index (κ1) is 19.3. The van der Waals surface area contributed by atoms with Crippen LogP contribution in [0.15, 0.2) is 71.8 Å². The molecule has 3 aromatic carbocycles. The molecule has 0 saturated heterocycles. The summed E-state index contributed by atoms with van der Waals surface area (Å²) in [7, 11) is 0. The van der Waals surface area contributed by atoms with Gasteiger partial charge in [-0.05, 0) is 52.6 Å². The summed E-state index contributed by atoms with van der Waals surface area (Å²) in [4.78, 5) is 24.0. The summed E-state index contributed by atoms with van der Waals surface area (Å²) in [5.41, 5.74) is 4.57. The summed E-state index contributed by atoms with van der Waals surface area (Å²) in [6.45, 7) is 3.98. The minimum absolute atomic E-state index is 0.0350. The standard InChI is InChI=1S/C23H23N3O2/c1-16(2)13-22(27)25-21-11-9-19(10-12-21)23(28)26-24-15-17-7-8-18-5-3-4-6-20(18)14-17/h3-12,14-16H,13H2,1-2H3,(H,25,27)(H,26,28)/b24-15+. The Balaban J connectivity index is 1.58. The Hall–Kier alpha value is -3.47. The Morgan fingerprint density at radius 1 is 0.964 bits per heavy atom. The lowest BCUT2D eigenvalue weighted by molar-refractivity contribution is -0.116. The lowest BCUT2D eigenvalue weighted by Gasteiger charge is -2.07. The fourth-order valence-electron chi connectivity index (χ4n) is 2.81. The molecule has 0 radical (unpaired) electrons. The van der Waals surface area contributed by atoms with Crippen molar-refractivity contribution >= 4 is 34.5 Å². The highest BCUT2D eigenvalue weighted by Crippen LogP contribution is 2.14. The number of carbonyl (C=O) groups excluding carboxylic acids is 2. The van der Waals surface area contributed by atoms with E-state index in [4.69, 9.17) is 0 Å². The van der Waals surface area contributed by atoms with Gasteiger partial charge in [0, 0.05) is 17.7 Å². The Morgan fingerprint density at radius 2 is 1.68 bits per heavy atom. The number of fused-ring (bicyclic) bond motifs is 1. The van der Waals surface area contributed by atoms with Crippen LogP contribution in [0.1, 0.15) is 36.2 Å². The van der Waals surface area contributed by atoms with Crippen LogP contribution < -0.4 is 10.7 Å². The van der Waals surface area contributed by atoms with Crippen LogP contribution in [0.2, 0.25) is 0 Å². The molecule has 3 aromatic rings. The zero-order valence-electron chi connectivity index (χ0n) is 16.0. The van der Waals surface area contributed by atoms with Gasteiger partial charge in [-0.3, -0.25) is 9.59 Å². The molecule has 0 aliphatic carbocycles. The molecule has 3 rings (SSSR count). The van der Waals surface area contributed by atoms with Crippen LogP contribution in [0.25, 0.3) is 10.8 Å². The number of hydrazone groups is 1. The predicted molar refractivity (Wildman–Crippen MR) is 114 cm³/mol. The van der Waals surface area contributed by atoms with Gasteiger partial charge in [-0.25, -0.2) is 5.43 Å². The zero-order valence-corrected chi connectivity index (χ0v) is 16.0. The number of carbonyl (C=O) groups is 2. The lowest BCUT2D eigenvalue weighted by Crippen LogP contribution is -2.18. The highest BCUT2D eigenvalue weighted by molar-refractivity contribution is 5.96. The minimum atomic E-state index is -0.308. The molecule has 5 nitrogen and oxygen atoms in total. The molecule has 0 atom stereocenters. The van der Waals surface area contributed by atoms with Crippen molar-refractivity contribution in [2.24, 2.45) is 11.0 Å². The third kappa shape index (κ3) is 5.27. The van der Waals surface area contributed by atoms with Crippen molar-refractivity contribution in [3.63, 3.8) is 0 Å². The first-order valence-corrected chi connectivity index (χ1v) is 9.23. The highest BCUT2D eigenvalue weighted by Gasteiger charge is 2.07. The predicted octanol–water partition coefficient (Wildman–Crippen LogP) is 4.59. The van der Waals surface area contributed by atoms with Gasteiger partial charge in [-0.15, -0.1) is 0 Å². The number of nitrogens with zero attached hydrogens (tertiary/aromatic N) is 1. The van der Waals surface area contributed by atoms with E-state index in [0.717, 1.165) is 16.3 Å². The average Bonchev–Trinajstić information content (AvgIpc) is 2.67. The van der Waals surface area contributed by atoms with Gasteiger partial charge in [0.25, 0.3) is 5.91 Å². The van der Waals surface area contributed by atoms with Crippen molar-refractivity contribution in [3.05, 3.63) is 77.9 Å². The normalized spacial score (nSPS) is 11.1. The van der Waals surface area contributed by atoms with E-state index in [2.05, 4.69) is 15.8 Å². The molecule has 0 heterocycles. The van der Waals surface area contributed by atoms with E-state index in [9.17, 15) is 9.59 Å². The fraction of sp³-hybridized carbons (Fsp3) is 0.174. The molecule has 142 valence electrons. The number of benzene rings is 3. The van der Waals surface area contributed by atoms with Crippen molar-refractivity contribution in [1.82, 2.24) is 5.43 Å². The van der Waals surface area contributed by atoms with Gasteiger partial charge in [-0.1, -0.05) is 50.2 Å². The van der Waals surface area contributed by atoms with Crippen molar-refractivity contribution < 1.29 is 9.59 Å². The van der Waals surface area contributed by atoms with E-state index in [0.29, 0.717) is 23.6 Å². The average molecular weight is 373 g/mol. The SMILES string of the molecule is CC(C)CC(=O)Nc1ccc(C(=O)N/N=C/c2ccc3ccccc3c2)cc1. The van der Waals surface area contributed by atoms with Crippen LogP contribution in [-0.2, 0) is 4.79 Å². The minimum Gasteiger partial charge on any atom is -0.326 e. The topological polar surface area (TPSA) is 70.6 Å². The number of anilines is 1. The molecular weight excluding hydrogens is 350 g/mol. The molecule has 0 bridgehead atoms. The summed E-state index contributed by atoms with van der Waals surface area (Å²) >= 11 is 0. The van der Waals surface area contributed by atoms with Gasteiger partial charge in [0.15, 0.2) is 0 Å². The molecule has 2 N–H and O–H groups in total. The molecule has 28 heavy (non-hydrogen) atoms. The molecule has 0 saturated carbocycles. The van der Waals surface area contributed by atoms with Gasteiger partial charge in [0.05, 0.1) is 6.21 Å². The Kier molecular flexibility index (Phi) is 6.17. The molecule has 0 fully saturated rings. The van der Waals surface area contributed by atoms with Gasteiger partial charge in [0.2, 0.25) is 5.91 Å². The summed E-state index contributed by atoms with van der Waals surface area (Å²) in [5.74, 6) is -0.0465. The molecule has 0 spiro atoms. The summed E-state index contributed by atoms with van der Waals surface area (Å²) in [6.07, 6.45) is 2.08. The van der Waals surface area contributed by atoms with Crippen LogP contribution in [0.4, 0.5) is 5.69 Å². The van der Waals surface area contributed by atoms with Gasteiger partial charge in [0.1, 0.15) is 0 Å². The Morgan fingerprint density at radius 3 is 2.39 bits per heavy atom. The van der Waals surface area contributed by atoms with Crippen LogP contribution in [0, 0.1) is 5.92 Å². The molecule has 0 unspecified atom stereocenters. The van der Waals surface area contributed by atoms with Crippen molar-refractivity contribution in [1.29, 1.82) is 0 Å². The maximum absolute atomic E-state index is 12.2. The summed E-state index contributed by atoms with van der Waals surface area (Å²) in [5, 5.41) is 9.13. The fourth-order valence-corrected chi connectivity index (χ4v) is 2.81. The molecule has 0 aliphatic rings. The third-order valence-electron chi connectivity index (χ3n) is 4.18. The van der Waals surface area contributed by atoms with E-state index >= 15 is 0 Å². The maximum atomic E-state index is 12.2. The second kappa shape index (κ2) is 8.95. The monoisotopic (exact) mass is 373 g/mol. The Labute approximate surface area is 164 Å². The lowest BCUT2D eigenvalue weighted by atomic mass is 10.1. The number of nitrogens with one attached hydrogen (secondary N) is 2. The molecule has 0 aromatic heterocycles. The summed E-state index contributed by atoms with van der Waals surface area (Å²) < 4.78 is 0. The van der Waals surface area contributed by atoms with Gasteiger partial charge >= 0.3 is 0 Å². The third-order valence-corrected chi connectivity index (χ3v) is 4.18. The molecule has 0 aliphatic heterocycles. The van der Waals surface area contributed by atoms with E-state index in [1.807, 2.05) is 56.3 Å². The van der Waals surface area contributed by atoms with Crippen LogP contribution in [0.3, 0.4) is 0 Å². The van der Waals surface area contributed by atoms with Crippen molar-refractivity contribution in [2.75, 3.05) is 5.32 Å². The highest BCUT2D eigenvalue weighted by atomic mass is 16.2. The molecule has 2 amide bonds. The number of hydrogen-bond donors (Lipinski definition) is 2. The number of hydrogen-bond acceptors (Lipinski definition) is 3. The van der Waals surface area contributed by atoms with Crippen molar-refractivity contribution in [2.45, 2.75) is 20.3 Å². The zero-order chi connectivity index (χ0) is 19.9. The van der Waals surface area contributed by atoms with E-state index in [1.165, 1.54) is 0 Å². The molecule has 5 heteroatoms. The number of rotatable bonds is 6. The van der Waals surface area contributed by atoms with Crippen LogP contribution >= 0.6 is 0 Å². The first-order chi connectivity index (χ1) is 13.5. The van der Waals surface area contributed by atoms with Gasteiger partial charge < -0.3 is 5.32 Å². The van der Waals surface area contributed by atoms with E-state index < -0.39 is 0 Å². The largest absolute Gasteiger partial charge is 0.326 e. The smallest absolute Gasteiger partial charge is 0.271 e. The number of amides is 2. The molecular formula is C23H23N3O2. The summed E-state index contributed by atoms with van der Waals surface area (Å²) in [6, 6.07) is 20.8. The quantitative estimate of drug-likeness (QED) is 0.490. The van der Waals surface area contributed by atoms with Gasteiger partial charge in [-0.2, -0.15) is 5.10 Å². The van der Waals surface area contributed by atoms with E-state index in [-0.39, 0.29) is 11.8 Å².